The van der Waals surface area contributed by atoms with E-state index in [9.17, 15) is 4.79 Å². The summed E-state index contributed by atoms with van der Waals surface area (Å²) >= 11 is 0. The van der Waals surface area contributed by atoms with Crippen molar-refractivity contribution in [1.29, 1.82) is 0 Å². The van der Waals surface area contributed by atoms with Crippen LogP contribution in [-0.2, 0) is 9.53 Å². The van der Waals surface area contributed by atoms with Crippen molar-refractivity contribution in [1.82, 2.24) is 10.2 Å². The Morgan fingerprint density at radius 2 is 2.00 bits per heavy atom. The van der Waals surface area contributed by atoms with Crippen molar-refractivity contribution in [2.75, 3.05) is 20.8 Å². The summed E-state index contributed by atoms with van der Waals surface area (Å²) in [6.07, 6.45) is 4.74. The number of carbonyl (C=O) groups is 1. The molecule has 0 aromatic heterocycles. The highest BCUT2D eigenvalue weighted by Crippen LogP contribution is 2.29. The molecule has 2 aliphatic heterocycles. The van der Waals surface area contributed by atoms with E-state index in [-0.39, 0.29) is 12.5 Å². The number of fused-ring (bicyclic) bond motifs is 2. The number of piperidine rings is 1. The van der Waals surface area contributed by atoms with E-state index < -0.39 is 0 Å². The molecule has 2 aliphatic rings. The van der Waals surface area contributed by atoms with Gasteiger partial charge in [0.25, 0.3) is 0 Å². The van der Waals surface area contributed by atoms with E-state index in [2.05, 4.69) is 5.32 Å². The first-order valence-electron chi connectivity index (χ1n) is 5.71. The van der Waals surface area contributed by atoms with Gasteiger partial charge in [-0.2, -0.15) is 0 Å². The number of amides is 1. The SMILES string of the molecule is COCC(=O)N(C)C1CC2CCC(C1)N2. The minimum Gasteiger partial charge on any atom is -0.375 e. The summed E-state index contributed by atoms with van der Waals surface area (Å²) in [4.78, 5) is 13.5. The topological polar surface area (TPSA) is 41.6 Å². The third kappa shape index (κ3) is 2.32. The summed E-state index contributed by atoms with van der Waals surface area (Å²) in [5.74, 6) is 0.101. The van der Waals surface area contributed by atoms with Crippen LogP contribution < -0.4 is 5.32 Å². The van der Waals surface area contributed by atoms with Gasteiger partial charge in [0.05, 0.1) is 0 Å². The molecule has 0 radical (unpaired) electrons. The molecular weight excluding hydrogens is 192 g/mol. The average Bonchev–Trinajstić information content (AvgIpc) is 2.57. The lowest BCUT2D eigenvalue weighted by Crippen LogP contribution is -2.49. The van der Waals surface area contributed by atoms with E-state index in [1.165, 1.54) is 12.8 Å². The summed E-state index contributed by atoms with van der Waals surface area (Å²) in [6, 6.07) is 1.67. The number of ether oxygens (including phenoxy) is 1. The minimum absolute atomic E-state index is 0.101. The smallest absolute Gasteiger partial charge is 0.248 e. The molecule has 4 heteroatoms. The molecular formula is C11H20N2O2. The molecule has 0 saturated carbocycles. The Bertz CT molecular complexity index is 233. The highest BCUT2D eigenvalue weighted by atomic mass is 16.5. The summed E-state index contributed by atoms with van der Waals surface area (Å²) in [6.45, 7) is 0.204. The number of rotatable bonds is 3. The summed E-state index contributed by atoms with van der Waals surface area (Å²) in [7, 11) is 3.47. The van der Waals surface area contributed by atoms with E-state index in [0.717, 1.165) is 12.8 Å². The maximum absolute atomic E-state index is 11.7. The Hall–Kier alpha value is -0.610. The van der Waals surface area contributed by atoms with Crippen LogP contribution in [0.2, 0.25) is 0 Å². The van der Waals surface area contributed by atoms with Crippen LogP contribution in [0.1, 0.15) is 25.7 Å². The summed E-state index contributed by atoms with van der Waals surface area (Å²) in [5.41, 5.74) is 0. The fourth-order valence-electron chi connectivity index (χ4n) is 2.77. The van der Waals surface area contributed by atoms with Crippen molar-refractivity contribution in [3.63, 3.8) is 0 Å². The van der Waals surface area contributed by atoms with E-state index >= 15 is 0 Å². The van der Waals surface area contributed by atoms with Gasteiger partial charge in [-0.25, -0.2) is 0 Å². The minimum atomic E-state index is 0.101. The molecule has 2 heterocycles. The third-order valence-corrected chi connectivity index (χ3v) is 3.66. The van der Waals surface area contributed by atoms with E-state index in [0.29, 0.717) is 18.1 Å². The van der Waals surface area contributed by atoms with Gasteiger partial charge >= 0.3 is 0 Å². The number of likely N-dealkylation sites (N-methyl/N-ethyl adjacent to an activating group) is 1. The Balaban J connectivity index is 1.90. The lowest BCUT2D eigenvalue weighted by Gasteiger charge is -2.35. The molecule has 4 nitrogen and oxygen atoms in total. The summed E-state index contributed by atoms with van der Waals surface area (Å²) < 4.78 is 4.88. The Morgan fingerprint density at radius 3 is 2.53 bits per heavy atom. The highest BCUT2D eigenvalue weighted by molar-refractivity contribution is 5.77. The molecule has 2 rings (SSSR count). The molecule has 0 aromatic carbocycles. The van der Waals surface area contributed by atoms with Crippen LogP contribution in [0, 0.1) is 0 Å². The number of carbonyl (C=O) groups excluding carboxylic acids is 1. The van der Waals surface area contributed by atoms with Crippen molar-refractivity contribution in [3.8, 4) is 0 Å². The Kier molecular flexibility index (Phi) is 3.26. The van der Waals surface area contributed by atoms with Crippen molar-refractivity contribution < 1.29 is 9.53 Å². The van der Waals surface area contributed by atoms with E-state index in [4.69, 9.17) is 4.74 Å². The van der Waals surface area contributed by atoms with Crippen LogP contribution >= 0.6 is 0 Å². The average molecular weight is 212 g/mol. The zero-order valence-corrected chi connectivity index (χ0v) is 9.53. The van der Waals surface area contributed by atoms with Crippen LogP contribution in [0.3, 0.4) is 0 Å². The molecule has 15 heavy (non-hydrogen) atoms. The van der Waals surface area contributed by atoms with Gasteiger partial charge in [0.1, 0.15) is 6.61 Å². The second-order valence-corrected chi connectivity index (χ2v) is 4.70. The van der Waals surface area contributed by atoms with Gasteiger partial charge < -0.3 is 15.0 Å². The maximum atomic E-state index is 11.7. The normalized spacial score (nSPS) is 34.1. The van der Waals surface area contributed by atoms with Gasteiger partial charge in [-0.1, -0.05) is 0 Å². The molecule has 86 valence electrons. The molecule has 0 spiro atoms. The molecule has 2 atom stereocenters. The first-order chi connectivity index (χ1) is 7.20. The quantitative estimate of drug-likeness (QED) is 0.735. The predicted octanol–water partition coefficient (Wildman–Crippen LogP) is 0.374. The van der Waals surface area contributed by atoms with Gasteiger partial charge in [0.15, 0.2) is 0 Å². The van der Waals surface area contributed by atoms with Crippen molar-refractivity contribution in [2.45, 2.75) is 43.8 Å². The van der Waals surface area contributed by atoms with Gasteiger partial charge in [-0.05, 0) is 25.7 Å². The lowest BCUT2D eigenvalue weighted by atomic mass is 9.98. The van der Waals surface area contributed by atoms with Crippen LogP contribution in [-0.4, -0.2) is 49.7 Å². The molecule has 2 bridgehead atoms. The molecule has 0 aromatic rings. The van der Waals surface area contributed by atoms with E-state index in [1.807, 2.05) is 11.9 Å². The zero-order chi connectivity index (χ0) is 10.8. The van der Waals surface area contributed by atoms with Crippen LogP contribution in [0.5, 0.6) is 0 Å². The fraction of sp³-hybridized carbons (Fsp3) is 0.909. The molecule has 2 saturated heterocycles. The van der Waals surface area contributed by atoms with Crippen LogP contribution in [0.25, 0.3) is 0 Å². The monoisotopic (exact) mass is 212 g/mol. The number of nitrogens with one attached hydrogen (secondary N) is 1. The largest absolute Gasteiger partial charge is 0.375 e. The first kappa shape index (κ1) is 10.9. The molecule has 2 fully saturated rings. The Morgan fingerprint density at radius 1 is 1.40 bits per heavy atom. The lowest BCUT2D eigenvalue weighted by molar-refractivity contribution is -0.136. The third-order valence-electron chi connectivity index (χ3n) is 3.66. The maximum Gasteiger partial charge on any atom is 0.248 e. The van der Waals surface area contributed by atoms with Crippen molar-refractivity contribution >= 4 is 5.91 Å². The van der Waals surface area contributed by atoms with Crippen molar-refractivity contribution in [3.05, 3.63) is 0 Å². The predicted molar refractivity (Wildman–Crippen MR) is 57.6 cm³/mol. The van der Waals surface area contributed by atoms with Gasteiger partial charge in [0.2, 0.25) is 5.91 Å². The number of methoxy groups -OCH3 is 1. The number of hydrogen-bond donors (Lipinski definition) is 1. The molecule has 0 aliphatic carbocycles. The van der Waals surface area contributed by atoms with Crippen molar-refractivity contribution in [2.24, 2.45) is 0 Å². The molecule has 1 amide bonds. The van der Waals surface area contributed by atoms with Gasteiger partial charge in [-0.15, -0.1) is 0 Å². The van der Waals surface area contributed by atoms with Gasteiger partial charge in [0, 0.05) is 32.3 Å². The fourth-order valence-corrected chi connectivity index (χ4v) is 2.77. The second kappa shape index (κ2) is 4.49. The first-order valence-corrected chi connectivity index (χ1v) is 5.71. The van der Waals surface area contributed by atoms with E-state index in [1.54, 1.807) is 7.11 Å². The summed E-state index contributed by atoms with van der Waals surface area (Å²) in [5, 5.41) is 3.58. The number of hydrogen-bond acceptors (Lipinski definition) is 3. The Labute approximate surface area is 91.0 Å². The van der Waals surface area contributed by atoms with Crippen LogP contribution in [0.15, 0.2) is 0 Å². The number of nitrogens with zero attached hydrogens (tertiary/aromatic N) is 1. The zero-order valence-electron chi connectivity index (χ0n) is 9.53. The van der Waals surface area contributed by atoms with Crippen LogP contribution in [0.4, 0.5) is 0 Å². The highest BCUT2D eigenvalue weighted by Gasteiger charge is 2.36. The molecule has 1 N–H and O–H groups in total. The standard InChI is InChI=1S/C11H20N2O2/c1-13(11(14)7-15-2)10-5-8-3-4-9(6-10)12-8/h8-10,12H,3-7H2,1-2H3. The second-order valence-electron chi connectivity index (χ2n) is 4.70. The molecule has 2 unspecified atom stereocenters. The van der Waals surface area contributed by atoms with Gasteiger partial charge in [-0.3, -0.25) is 4.79 Å².